The molecule has 0 saturated carbocycles. The molecule has 1 saturated heterocycles. The number of carbonyl (C=O) groups is 1. The van der Waals surface area contributed by atoms with E-state index in [4.69, 9.17) is 9.11 Å². The summed E-state index contributed by atoms with van der Waals surface area (Å²) in [7, 11) is -5.17. The molecule has 2 aliphatic heterocycles. The number of likely N-dealkylation sites (N-methyl/N-ethyl adjacent to an activating group) is 1. The standard InChI is InChI=1S/C21H25N3OS.2CH4O3S/c1-23-11-13-24(14-12-23)15-17-20(16-7-3-2-4-8-16)26-19-10-6-5-9-18(19)22-21(17)25;2*1-5(2,3)4/h2-10,17,20H,11-15H2,1H3,(H,22,25);2*1H3,(H,2,3,4)/t17-,20+;;/m1../s1. The maximum atomic E-state index is 13.1. The second-order valence-electron chi connectivity index (χ2n) is 8.61. The van der Waals surface area contributed by atoms with Gasteiger partial charge in [0.25, 0.3) is 20.2 Å². The molecule has 3 N–H and O–H groups in total. The summed E-state index contributed by atoms with van der Waals surface area (Å²) in [6, 6.07) is 18.6. The largest absolute Gasteiger partial charge is 0.325 e. The molecule has 0 aliphatic carbocycles. The minimum Gasteiger partial charge on any atom is -0.325 e. The van der Waals surface area contributed by atoms with Gasteiger partial charge in [0.15, 0.2) is 0 Å². The summed E-state index contributed by atoms with van der Waals surface area (Å²) in [5, 5.41) is 3.30. The highest BCUT2D eigenvalue weighted by molar-refractivity contribution is 7.99. The quantitative estimate of drug-likeness (QED) is 0.479. The first-order chi connectivity index (χ1) is 16.7. The first-order valence-corrected chi connectivity index (χ1v) is 15.7. The molecule has 1 fully saturated rings. The highest BCUT2D eigenvalue weighted by atomic mass is 32.2. The van der Waals surface area contributed by atoms with Crippen molar-refractivity contribution >= 4 is 43.6 Å². The van der Waals surface area contributed by atoms with E-state index in [1.807, 2.05) is 36.0 Å². The number of rotatable bonds is 3. The van der Waals surface area contributed by atoms with Gasteiger partial charge in [-0.2, -0.15) is 16.8 Å². The Hall–Kier alpha value is -2.00. The molecule has 2 aromatic rings. The fraction of sp³-hybridized carbons (Fsp3) is 0.435. The SMILES string of the molecule is CN1CCN(C[C@H]2C(=O)Nc3ccccc3S[C@H]2c2ccccc2)CC1.CS(=O)(=O)O.CS(=O)(=O)O. The molecule has 0 radical (unpaired) electrons. The summed E-state index contributed by atoms with van der Waals surface area (Å²) in [5.74, 6) is 0.0634. The third kappa shape index (κ3) is 11.8. The number of benzene rings is 2. The number of nitrogens with one attached hydrogen (secondary N) is 1. The number of hydrogen-bond acceptors (Lipinski definition) is 8. The molecule has 13 heteroatoms. The van der Waals surface area contributed by atoms with Gasteiger partial charge in [-0.3, -0.25) is 18.8 Å². The van der Waals surface area contributed by atoms with Crippen LogP contribution in [0.1, 0.15) is 10.8 Å². The van der Waals surface area contributed by atoms with Crippen LogP contribution in [0.2, 0.25) is 0 Å². The zero-order valence-corrected chi connectivity index (χ0v) is 22.9. The van der Waals surface area contributed by atoms with Gasteiger partial charge in [0.05, 0.1) is 24.1 Å². The first kappa shape index (κ1) is 30.2. The van der Waals surface area contributed by atoms with Gasteiger partial charge in [-0.15, -0.1) is 11.8 Å². The molecule has 2 heterocycles. The molecule has 2 aliphatic rings. The number of carbonyl (C=O) groups excluding carboxylic acids is 1. The fourth-order valence-electron chi connectivity index (χ4n) is 3.68. The lowest BCUT2D eigenvalue weighted by Crippen LogP contribution is -2.48. The Labute approximate surface area is 217 Å². The van der Waals surface area contributed by atoms with Gasteiger partial charge in [-0.25, -0.2) is 0 Å². The number of fused-ring (bicyclic) bond motifs is 1. The third-order valence-corrected chi connectivity index (χ3v) is 6.74. The molecule has 0 bridgehead atoms. The lowest BCUT2D eigenvalue weighted by Gasteiger charge is -2.35. The van der Waals surface area contributed by atoms with Crippen LogP contribution in [0.4, 0.5) is 5.69 Å². The summed E-state index contributed by atoms with van der Waals surface area (Å²) >= 11 is 1.81. The number of anilines is 1. The second-order valence-corrected chi connectivity index (χ2v) is 12.7. The number of hydrogen-bond donors (Lipinski definition) is 3. The molecule has 200 valence electrons. The topological polar surface area (TPSA) is 144 Å². The molecular weight excluding hydrogens is 526 g/mol. The van der Waals surface area contributed by atoms with Crippen LogP contribution in [-0.2, 0) is 25.0 Å². The maximum Gasteiger partial charge on any atom is 0.261 e. The minimum atomic E-state index is -3.67. The Morgan fingerprint density at radius 1 is 0.889 bits per heavy atom. The zero-order chi connectivity index (χ0) is 26.9. The van der Waals surface area contributed by atoms with E-state index in [1.54, 1.807) is 0 Å². The predicted octanol–water partition coefficient (Wildman–Crippen LogP) is 2.34. The van der Waals surface area contributed by atoms with E-state index < -0.39 is 20.2 Å². The molecule has 4 rings (SSSR count). The monoisotopic (exact) mass is 559 g/mol. The summed E-state index contributed by atoms with van der Waals surface area (Å²) in [5.41, 5.74) is 2.16. The lowest BCUT2D eigenvalue weighted by atomic mass is 9.96. The van der Waals surface area contributed by atoms with Crippen molar-refractivity contribution in [2.75, 3.05) is 57.6 Å². The van der Waals surface area contributed by atoms with Crippen LogP contribution >= 0.6 is 11.8 Å². The van der Waals surface area contributed by atoms with Crippen LogP contribution in [0, 0.1) is 5.92 Å². The summed E-state index contributed by atoms with van der Waals surface area (Å²) in [6.07, 6.45) is 1.43. The Balaban J connectivity index is 0.000000389. The second kappa shape index (κ2) is 13.5. The summed E-state index contributed by atoms with van der Waals surface area (Å²) < 4.78 is 51.7. The highest BCUT2D eigenvalue weighted by Crippen LogP contribution is 2.46. The van der Waals surface area contributed by atoms with Gasteiger partial charge < -0.3 is 10.2 Å². The molecule has 0 aromatic heterocycles. The molecule has 0 unspecified atom stereocenters. The zero-order valence-electron chi connectivity index (χ0n) is 20.4. The molecule has 1 amide bonds. The Morgan fingerprint density at radius 2 is 1.39 bits per heavy atom. The van der Waals surface area contributed by atoms with Crippen molar-refractivity contribution in [3.8, 4) is 0 Å². The molecule has 36 heavy (non-hydrogen) atoms. The van der Waals surface area contributed by atoms with Crippen molar-refractivity contribution in [1.29, 1.82) is 0 Å². The van der Waals surface area contributed by atoms with Crippen molar-refractivity contribution in [3.63, 3.8) is 0 Å². The molecule has 0 spiro atoms. The maximum absolute atomic E-state index is 13.1. The molecular formula is C23H33N3O7S3. The van der Waals surface area contributed by atoms with Crippen molar-refractivity contribution in [3.05, 3.63) is 60.2 Å². The number of nitrogens with zero attached hydrogens (tertiary/aromatic N) is 2. The van der Waals surface area contributed by atoms with Crippen LogP contribution in [0.15, 0.2) is 59.5 Å². The van der Waals surface area contributed by atoms with Crippen molar-refractivity contribution < 1.29 is 30.7 Å². The first-order valence-electron chi connectivity index (χ1n) is 11.1. The minimum absolute atomic E-state index is 0.0711. The van der Waals surface area contributed by atoms with Crippen molar-refractivity contribution in [2.45, 2.75) is 10.1 Å². The van der Waals surface area contributed by atoms with E-state index in [9.17, 15) is 21.6 Å². The Bertz CT molecular complexity index is 1150. The summed E-state index contributed by atoms with van der Waals surface area (Å²) in [4.78, 5) is 19.1. The molecule has 10 nitrogen and oxygen atoms in total. The lowest BCUT2D eigenvalue weighted by molar-refractivity contribution is -0.120. The Morgan fingerprint density at radius 3 is 1.94 bits per heavy atom. The van der Waals surface area contributed by atoms with Crippen LogP contribution in [0.3, 0.4) is 0 Å². The predicted molar refractivity (Wildman–Crippen MR) is 142 cm³/mol. The average Bonchev–Trinajstić information content (AvgIpc) is 2.90. The fourth-order valence-corrected chi connectivity index (χ4v) is 5.03. The number of para-hydroxylation sites is 1. The van der Waals surface area contributed by atoms with E-state index in [-0.39, 0.29) is 17.1 Å². The van der Waals surface area contributed by atoms with E-state index >= 15 is 0 Å². The smallest absolute Gasteiger partial charge is 0.261 e. The third-order valence-electron chi connectivity index (χ3n) is 5.28. The van der Waals surface area contributed by atoms with E-state index in [0.717, 1.165) is 43.3 Å². The van der Waals surface area contributed by atoms with Gasteiger partial charge in [0, 0.05) is 42.9 Å². The number of amides is 1. The van der Waals surface area contributed by atoms with Gasteiger partial charge in [-0.1, -0.05) is 42.5 Å². The van der Waals surface area contributed by atoms with Gasteiger partial charge in [0.2, 0.25) is 5.91 Å². The van der Waals surface area contributed by atoms with E-state index in [0.29, 0.717) is 12.5 Å². The van der Waals surface area contributed by atoms with Crippen molar-refractivity contribution in [2.24, 2.45) is 5.92 Å². The van der Waals surface area contributed by atoms with Gasteiger partial charge in [-0.05, 0) is 24.7 Å². The van der Waals surface area contributed by atoms with Gasteiger partial charge >= 0.3 is 0 Å². The highest BCUT2D eigenvalue weighted by Gasteiger charge is 2.35. The van der Waals surface area contributed by atoms with E-state index in [2.05, 4.69) is 52.5 Å². The average molecular weight is 560 g/mol. The van der Waals surface area contributed by atoms with E-state index in [1.165, 1.54) is 5.56 Å². The molecule has 2 atom stereocenters. The number of thioether (sulfide) groups is 1. The van der Waals surface area contributed by atoms with Crippen LogP contribution in [0.5, 0.6) is 0 Å². The summed E-state index contributed by atoms with van der Waals surface area (Å²) in [6.45, 7) is 4.99. The number of piperazine rings is 1. The van der Waals surface area contributed by atoms with Crippen molar-refractivity contribution in [1.82, 2.24) is 9.80 Å². The van der Waals surface area contributed by atoms with Crippen LogP contribution in [0.25, 0.3) is 0 Å². The normalized spacial score (nSPS) is 21.0. The van der Waals surface area contributed by atoms with Crippen LogP contribution < -0.4 is 5.32 Å². The van der Waals surface area contributed by atoms with Gasteiger partial charge in [0.1, 0.15) is 0 Å². The molecule has 2 aromatic carbocycles. The Kier molecular flexibility index (Phi) is 11.3. The van der Waals surface area contributed by atoms with Crippen LogP contribution in [-0.4, -0.2) is 93.9 Å².